The lowest BCUT2D eigenvalue weighted by atomic mass is 10.1. The molecule has 10 nitrogen and oxygen atoms in total. The van der Waals surface area contributed by atoms with Crippen LogP contribution >= 0.6 is 0 Å². The van der Waals surface area contributed by atoms with Gasteiger partial charge in [0.2, 0.25) is 0 Å². The third-order valence-corrected chi connectivity index (χ3v) is 5.86. The van der Waals surface area contributed by atoms with Crippen LogP contribution in [0.4, 0.5) is 11.4 Å². The zero-order valence-electron chi connectivity index (χ0n) is 21.6. The number of anilines is 2. The molecule has 0 saturated carbocycles. The second kappa shape index (κ2) is 11.5. The molecule has 0 bridgehead atoms. The average Bonchev–Trinajstić information content (AvgIpc) is 3.23. The van der Waals surface area contributed by atoms with Gasteiger partial charge in [-0.1, -0.05) is 26.0 Å². The van der Waals surface area contributed by atoms with Crippen LogP contribution < -0.4 is 10.6 Å². The summed E-state index contributed by atoms with van der Waals surface area (Å²) in [7, 11) is 2.65. The number of esters is 2. The third kappa shape index (κ3) is 5.64. The predicted molar refractivity (Wildman–Crippen MR) is 143 cm³/mol. The summed E-state index contributed by atoms with van der Waals surface area (Å²) in [6.45, 7) is 5.02. The standard InChI is InChI=1S/C28H29N5O5/c1-17(2)16-33-24(28(36)38-4)23(32-26(34)20-6-5-11-29-14-20)22-12-21(15-31-25(22)33)30-13-18-7-9-19(10-8-18)27(35)37-3/h5-12,14-15,17,30H,13,16H2,1-4H3,(H,32,34). The number of fused-ring (bicyclic) bond motifs is 1. The average molecular weight is 516 g/mol. The Morgan fingerprint density at radius 1 is 0.974 bits per heavy atom. The van der Waals surface area contributed by atoms with Crippen LogP contribution in [0.1, 0.15) is 50.6 Å². The molecule has 1 amide bonds. The fourth-order valence-corrected chi connectivity index (χ4v) is 4.06. The van der Waals surface area contributed by atoms with Crippen molar-refractivity contribution in [2.45, 2.75) is 26.9 Å². The quantitative estimate of drug-likeness (QED) is 0.312. The highest BCUT2D eigenvalue weighted by Gasteiger charge is 2.27. The molecule has 0 radical (unpaired) electrons. The molecule has 1 aromatic carbocycles. The Balaban J connectivity index is 1.72. The van der Waals surface area contributed by atoms with Crippen LogP contribution in [0.15, 0.2) is 61.1 Å². The van der Waals surface area contributed by atoms with Crippen molar-refractivity contribution in [2.75, 3.05) is 24.9 Å². The Kier molecular flexibility index (Phi) is 8.00. The summed E-state index contributed by atoms with van der Waals surface area (Å²) in [5.74, 6) is -1.18. The highest BCUT2D eigenvalue weighted by Crippen LogP contribution is 2.33. The summed E-state index contributed by atoms with van der Waals surface area (Å²) in [4.78, 5) is 46.3. The summed E-state index contributed by atoms with van der Waals surface area (Å²) < 4.78 is 11.6. The van der Waals surface area contributed by atoms with Crippen LogP contribution in [0.3, 0.4) is 0 Å². The topological polar surface area (TPSA) is 124 Å². The summed E-state index contributed by atoms with van der Waals surface area (Å²) in [6, 6.07) is 12.2. The molecule has 0 aliphatic heterocycles. The number of amides is 1. The van der Waals surface area contributed by atoms with Gasteiger partial charge in [-0.15, -0.1) is 0 Å². The van der Waals surface area contributed by atoms with E-state index in [2.05, 4.69) is 20.6 Å². The largest absolute Gasteiger partial charge is 0.465 e. The van der Waals surface area contributed by atoms with E-state index >= 15 is 0 Å². The van der Waals surface area contributed by atoms with E-state index in [1.165, 1.54) is 20.4 Å². The van der Waals surface area contributed by atoms with Crippen molar-refractivity contribution in [2.24, 2.45) is 5.92 Å². The number of carbonyl (C=O) groups is 3. The van der Waals surface area contributed by atoms with Crippen molar-refractivity contribution >= 4 is 40.3 Å². The number of nitrogens with one attached hydrogen (secondary N) is 2. The van der Waals surface area contributed by atoms with Gasteiger partial charge in [0, 0.05) is 30.9 Å². The van der Waals surface area contributed by atoms with E-state index in [1.807, 2.05) is 32.0 Å². The maximum Gasteiger partial charge on any atom is 0.356 e. The molecule has 196 valence electrons. The molecule has 10 heteroatoms. The van der Waals surface area contributed by atoms with Gasteiger partial charge in [-0.25, -0.2) is 14.6 Å². The van der Waals surface area contributed by atoms with Gasteiger partial charge >= 0.3 is 11.9 Å². The molecule has 0 unspecified atom stereocenters. The number of carbonyl (C=O) groups excluding carboxylic acids is 3. The van der Waals surface area contributed by atoms with Crippen LogP contribution in [0.2, 0.25) is 0 Å². The second-order valence-electron chi connectivity index (χ2n) is 9.05. The molecule has 4 aromatic rings. The maximum absolute atomic E-state index is 13.1. The maximum atomic E-state index is 13.1. The van der Waals surface area contributed by atoms with Crippen molar-refractivity contribution in [3.05, 3.63) is 83.4 Å². The molecule has 0 atom stereocenters. The first-order valence-electron chi connectivity index (χ1n) is 12.1. The molecule has 0 saturated heterocycles. The number of hydrogen-bond acceptors (Lipinski definition) is 8. The second-order valence-corrected chi connectivity index (χ2v) is 9.05. The fourth-order valence-electron chi connectivity index (χ4n) is 4.06. The predicted octanol–water partition coefficient (Wildman–Crippen LogP) is 4.52. The Bertz CT molecular complexity index is 1460. The fraction of sp³-hybridized carbons (Fsp3) is 0.250. The summed E-state index contributed by atoms with van der Waals surface area (Å²) in [6.07, 6.45) is 4.71. The van der Waals surface area contributed by atoms with Gasteiger partial charge in [-0.3, -0.25) is 9.78 Å². The van der Waals surface area contributed by atoms with Crippen LogP contribution in [-0.4, -0.2) is 46.6 Å². The van der Waals surface area contributed by atoms with Crippen LogP contribution in [0.5, 0.6) is 0 Å². The highest BCUT2D eigenvalue weighted by atomic mass is 16.5. The normalized spacial score (nSPS) is 10.9. The van der Waals surface area contributed by atoms with E-state index in [0.29, 0.717) is 46.6 Å². The number of benzene rings is 1. The number of rotatable bonds is 9. The molecule has 38 heavy (non-hydrogen) atoms. The Morgan fingerprint density at radius 2 is 1.71 bits per heavy atom. The van der Waals surface area contributed by atoms with E-state index in [0.717, 1.165) is 5.56 Å². The Labute approximate surface area is 220 Å². The molecule has 0 spiro atoms. The summed E-state index contributed by atoms with van der Waals surface area (Å²) >= 11 is 0. The monoisotopic (exact) mass is 515 g/mol. The lowest BCUT2D eigenvalue weighted by Crippen LogP contribution is -2.18. The number of hydrogen-bond donors (Lipinski definition) is 2. The van der Waals surface area contributed by atoms with Crippen molar-refractivity contribution in [3.8, 4) is 0 Å². The molecular formula is C28H29N5O5. The first kappa shape index (κ1) is 26.3. The molecule has 2 N–H and O–H groups in total. The van der Waals surface area contributed by atoms with E-state index in [-0.39, 0.29) is 11.6 Å². The summed E-state index contributed by atoms with van der Waals surface area (Å²) in [5, 5.41) is 6.80. The first-order valence-corrected chi connectivity index (χ1v) is 12.1. The van der Waals surface area contributed by atoms with Crippen molar-refractivity contribution in [1.29, 1.82) is 0 Å². The van der Waals surface area contributed by atoms with Gasteiger partial charge < -0.3 is 24.7 Å². The number of ether oxygens (including phenoxy) is 2. The molecule has 4 rings (SSSR count). The number of aromatic nitrogens is 3. The molecule has 0 aliphatic rings. The zero-order valence-corrected chi connectivity index (χ0v) is 21.6. The van der Waals surface area contributed by atoms with Crippen LogP contribution in [0.25, 0.3) is 11.0 Å². The molecule has 0 fully saturated rings. The van der Waals surface area contributed by atoms with Gasteiger partial charge in [0.1, 0.15) is 5.65 Å². The minimum Gasteiger partial charge on any atom is -0.465 e. The Morgan fingerprint density at radius 3 is 2.34 bits per heavy atom. The van der Waals surface area contributed by atoms with Crippen molar-refractivity contribution in [1.82, 2.24) is 14.5 Å². The van der Waals surface area contributed by atoms with Crippen LogP contribution in [0, 0.1) is 5.92 Å². The molecule has 0 aliphatic carbocycles. The third-order valence-electron chi connectivity index (χ3n) is 5.86. The van der Waals surface area contributed by atoms with E-state index < -0.39 is 17.8 Å². The van der Waals surface area contributed by atoms with Gasteiger partial charge in [0.15, 0.2) is 5.69 Å². The number of nitrogens with zero attached hydrogens (tertiary/aromatic N) is 3. The van der Waals surface area contributed by atoms with Gasteiger partial charge in [-0.2, -0.15) is 0 Å². The molecule has 3 aromatic heterocycles. The summed E-state index contributed by atoms with van der Waals surface area (Å²) in [5.41, 5.74) is 3.53. The first-order chi connectivity index (χ1) is 18.3. The van der Waals surface area contributed by atoms with Crippen LogP contribution in [-0.2, 0) is 22.6 Å². The van der Waals surface area contributed by atoms with Gasteiger partial charge in [-0.05, 0) is 41.8 Å². The number of methoxy groups -OCH3 is 2. The van der Waals surface area contributed by atoms with E-state index in [1.54, 1.807) is 41.2 Å². The molecule has 3 heterocycles. The Hall–Kier alpha value is -4.73. The lowest BCUT2D eigenvalue weighted by Gasteiger charge is -2.12. The van der Waals surface area contributed by atoms with Crippen molar-refractivity contribution < 1.29 is 23.9 Å². The van der Waals surface area contributed by atoms with Gasteiger partial charge in [0.05, 0.1) is 42.9 Å². The minimum absolute atomic E-state index is 0.198. The SMILES string of the molecule is COC(=O)c1ccc(CNc2cnc3c(c2)c(NC(=O)c2cccnc2)c(C(=O)OC)n3CC(C)C)cc1. The minimum atomic E-state index is -0.578. The smallest absolute Gasteiger partial charge is 0.356 e. The zero-order chi connectivity index (χ0) is 27.2. The van der Waals surface area contributed by atoms with Gasteiger partial charge in [0.25, 0.3) is 5.91 Å². The lowest BCUT2D eigenvalue weighted by molar-refractivity contribution is 0.0584. The van der Waals surface area contributed by atoms with E-state index in [4.69, 9.17) is 9.47 Å². The van der Waals surface area contributed by atoms with Crippen molar-refractivity contribution in [3.63, 3.8) is 0 Å². The number of pyridine rings is 2. The highest BCUT2D eigenvalue weighted by molar-refractivity contribution is 6.14. The molecular weight excluding hydrogens is 486 g/mol. The van der Waals surface area contributed by atoms with E-state index in [9.17, 15) is 14.4 Å².